The predicted molar refractivity (Wildman–Crippen MR) is 94.2 cm³/mol. The van der Waals surface area contributed by atoms with Crippen LogP contribution in [-0.2, 0) is 4.79 Å². The highest BCUT2D eigenvalue weighted by molar-refractivity contribution is 5.93. The molecule has 130 valence electrons. The Labute approximate surface area is 149 Å². The fraction of sp³-hybridized carbons (Fsp3) is 0.105. The summed E-state index contributed by atoms with van der Waals surface area (Å²) in [5, 5.41) is 9.03. The molecule has 0 aliphatic rings. The molecular formula is C19H15N3O4. The Morgan fingerprint density at radius 2 is 1.96 bits per heavy atom. The summed E-state index contributed by atoms with van der Waals surface area (Å²) in [5.74, 6) is 6.14. The predicted octanol–water partition coefficient (Wildman–Crippen LogP) is 2.67. The third-order valence-corrected chi connectivity index (χ3v) is 3.28. The molecule has 7 nitrogen and oxygen atoms in total. The van der Waals surface area contributed by atoms with E-state index in [4.69, 9.17) is 8.94 Å². The van der Waals surface area contributed by atoms with Crippen LogP contribution < -0.4 is 10.6 Å². The summed E-state index contributed by atoms with van der Waals surface area (Å²) in [6.45, 7) is 1.61. The van der Waals surface area contributed by atoms with Crippen molar-refractivity contribution < 1.29 is 18.5 Å². The largest absolute Gasteiger partial charge is 0.461 e. The number of hydrogen-bond donors (Lipinski definition) is 2. The Hall–Kier alpha value is -3.79. The van der Waals surface area contributed by atoms with E-state index in [9.17, 15) is 9.59 Å². The number of benzene rings is 1. The molecule has 0 aliphatic heterocycles. The Kier molecular flexibility index (Phi) is 5.15. The molecule has 2 aromatic heterocycles. The molecule has 0 radical (unpaired) electrons. The third-order valence-electron chi connectivity index (χ3n) is 3.28. The van der Waals surface area contributed by atoms with Gasteiger partial charge < -0.3 is 19.6 Å². The molecule has 0 aliphatic carbocycles. The molecule has 0 saturated heterocycles. The first-order valence-electron chi connectivity index (χ1n) is 7.77. The van der Waals surface area contributed by atoms with E-state index in [1.165, 1.54) is 19.3 Å². The lowest BCUT2D eigenvalue weighted by Crippen LogP contribution is -2.23. The molecule has 0 bridgehead atoms. The number of rotatable bonds is 4. The summed E-state index contributed by atoms with van der Waals surface area (Å²) in [4.78, 5) is 23.0. The van der Waals surface area contributed by atoms with Gasteiger partial charge in [-0.1, -0.05) is 17.0 Å². The molecule has 2 N–H and O–H groups in total. The minimum Gasteiger partial charge on any atom is -0.461 e. The molecule has 0 spiro atoms. The van der Waals surface area contributed by atoms with Crippen LogP contribution in [0.2, 0.25) is 0 Å². The van der Waals surface area contributed by atoms with Gasteiger partial charge in [0.05, 0.1) is 12.8 Å². The number of amides is 2. The zero-order valence-corrected chi connectivity index (χ0v) is 13.9. The normalized spacial score (nSPS) is 9.88. The van der Waals surface area contributed by atoms with E-state index in [1.807, 2.05) is 0 Å². The molecule has 0 fully saturated rings. The van der Waals surface area contributed by atoms with E-state index in [2.05, 4.69) is 27.6 Å². The second-order valence-corrected chi connectivity index (χ2v) is 5.30. The number of aromatic nitrogens is 1. The zero-order chi connectivity index (χ0) is 18.4. The van der Waals surface area contributed by atoms with Crippen LogP contribution in [0.25, 0.3) is 11.5 Å². The van der Waals surface area contributed by atoms with Gasteiger partial charge in [0, 0.05) is 24.2 Å². The summed E-state index contributed by atoms with van der Waals surface area (Å²) >= 11 is 0. The number of hydrogen-bond acceptors (Lipinski definition) is 5. The van der Waals surface area contributed by atoms with Crippen molar-refractivity contribution in [1.82, 2.24) is 10.5 Å². The van der Waals surface area contributed by atoms with Crippen LogP contribution in [0.15, 0.2) is 57.7 Å². The van der Waals surface area contributed by atoms with Crippen molar-refractivity contribution in [3.63, 3.8) is 0 Å². The standard InChI is InChI=1S/C19H15N3O4/c1-13(23)21-15-8-6-14(7-9-15)4-2-10-20-19(24)16-12-18(26-22-16)17-5-3-11-25-17/h3,5-9,11-12H,10H2,1H3,(H,20,24)(H,21,23). The summed E-state index contributed by atoms with van der Waals surface area (Å²) < 4.78 is 10.3. The maximum Gasteiger partial charge on any atom is 0.274 e. The maximum absolute atomic E-state index is 12.0. The van der Waals surface area contributed by atoms with Crippen molar-refractivity contribution in [2.24, 2.45) is 0 Å². The Morgan fingerprint density at radius 3 is 2.65 bits per heavy atom. The molecule has 26 heavy (non-hydrogen) atoms. The Bertz CT molecular complexity index is 960. The molecule has 7 heteroatoms. The van der Waals surface area contributed by atoms with E-state index >= 15 is 0 Å². The second-order valence-electron chi connectivity index (χ2n) is 5.30. The number of carbonyl (C=O) groups excluding carboxylic acids is 2. The van der Waals surface area contributed by atoms with Crippen LogP contribution >= 0.6 is 0 Å². The smallest absolute Gasteiger partial charge is 0.274 e. The van der Waals surface area contributed by atoms with Gasteiger partial charge in [-0.3, -0.25) is 9.59 Å². The van der Waals surface area contributed by atoms with Crippen molar-refractivity contribution in [3.05, 3.63) is 60.0 Å². The average molecular weight is 349 g/mol. The van der Waals surface area contributed by atoms with Crippen LogP contribution in [0.5, 0.6) is 0 Å². The lowest BCUT2D eigenvalue weighted by atomic mass is 10.2. The molecule has 0 atom stereocenters. The van der Waals surface area contributed by atoms with Crippen LogP contribution in [0.4, 0.5) is 5.69 Å². The Balaban J connectivity index is 1.53. The quantitative estimate of drug-likeness (QED) is 0.706. The summed E-state index contributed by atoms with van der Waals surface area (Å²) in [6, 6.07) is 12.0. The summed E-state index contributed by atoms with van der Waals surface area (Å²) in [7, 11) is 0. The third kappa shape index (κ3) is 4.39. The first-order chi connectivity index (χ1) is 12.6. The van der Waals surface area contributed by atoms with Crippen molar-refractivity contribution in [1.29, 1.82) is 0 Å². The van der Waals surface area contributed by atoms with E-state index in [0.29, 0.717) is 17.2 Å². The minimum absolute atomic E-state index is 0.130. The number of nitrogens with one attached hydrogen (secondary N) is 2. The SMILES string of the molecule is CC(=O)Nc1ccc(C#CCNC(=O)c2cc(-c3ccco3)on2)cc1. The van der Waals surface area contributed by atoms with Gasteiger partial charge in [0.15, 0.2) is 11.5 Å². The van der Waals surface area contributed by atoms with Crippen molar-refractivity contribution in [2.75, 3.05) is 11.9 Å². The second kappa shape index (κ2) is 7.85. The molecule has 3 aromatic rings. The highest BCUT2D eigenvalue weighted by Gasteiger charge is 2.14. The summed E-state index contributed by atoms with van der Waals surface area (Å²) in [5.41, 5.74) is 1.63. The van der Waals surface area contributed by atoms with Gasteiger partial charge in [0.1, 0.15) is 0 Å². The fourth-order valence-corrected chi connectivity index (χ4v) is 2.12. The van der Waals surface area contributed by atoms with Crippen LogP contribution in [0.3, 0.4) is 0 Å². The lowest BCUT2D eigenvalue weighted by molar-refractivity contribution is -0.114. The molecule has 2 amide bonds. The van der Waals surface area contributed by atoms with Gasteiger partial charge in [-0.05, 0) is 36.4 Å². The van der Waals surface area contributed by atoms with Gasteiger partial charge in [-0.2, -0.15) is 0 Å². The highest BCUT2D eigenvalue weighted by atomic mass is 16.5. The topological polar surface area (TPSA) is 97.4 Å². The number of anilines is 1. The van der Waals surface area contributed by atoms with Gasteiger partial charge in [0.2, 0.25) is 11.7 Å². The maximum atomic E-state index is 12.0. The van der Waals surface area contributed by atoms with Gasteiger partial charge in [0.25, 0.3) is 5.91 Å². The van der Waals surface area contributed by atoms with Crippen molar-refractivity contribution in [2.45, 2.75) is 6.92 Å². The molecule has 3 rings (SSSR count). The molecule has 0 saturated carbocycles. The molecular weight excluding hydrogens is 334 g/mol. The first kappa shape index (κ1) is 17.0. The molecule has 2 heterocycles. The Morgan fingerprint density at radius 1 is 1.15 bits per heavy atom. The zero-order valence-electron chi connectivity index (χ0n) is 13.9. The van der Waals surface area contributed by atoms with Crippen molar-refractivity contribution in [3.8, 4) is 23.4 Å². The lowest BCUT2D eigenvalue weighted by Gasteiger charge is -2.00. The van der Waals surface area contributed by atoms with E-state index in [0.717, 1.165) is 5.56 Å². The van der Waals surface area contributed by atoms with E-state index in [-0.39, 0.29) is 24.1 Å². The number of nitrogens with zero attached hydrogens (tertiary/aromatic N) is 1. The van der Waals surface area contributed by atoms with Gasteiger partial charge in [-0.15, -0.1) is 0 Å². The number of furan rings is 1. The first-order valence-corrected chi connectivity index (χ1v) is 7.77. The van der Waals surface area contributed by atoms with Crippen molar-refractivity contribution >= 4 is 17.5 Å². The molecule has 0 unspecified atom stereocenters. The molecule has 1 aromatic carbocycles. The van der Waals surface area contributed by atoms with E-state index < -0.39 is 0 Å². The van der Waals surface area contributed by atoms with E-state index in [1.54, 1.807) is 36.4 Å². The van der Waals surface area contributed by atoms with Gasteiger partial charge >= 0.3 is 0 Å². The average Bonchev–Trinajstić information content (AvgIpc) is 3.30. The van der Waals surface area contributed by atoms with Gasteiger partial charge in [-0.25, -0.2) is 0 Å². The van der Waals surface area contributed by atoms with Crippen LogP contribution in [0, 0.1) is 11.8 Å². The monoisotopic (exact) mass is 349 g/mol. The minimum atomic E-state index is -0.387. The number of carbonyl (C=O) groups is 2. The van der Waals surface area contributed by atoms with Crippen LogP contribution in [-0.4, -0.2) is 23.5 Å². The highest BCUT2D eigenvalue weighted by Crippen LogP contribution is 2.20. The van der Waals surface area contributed by atoms with Crippen LogP contribution in [0.1, 0.15) is 23.0 Å². The summed E-state index contributed by atoms with van der Waals surface area (Å²) in [6.07, 6.45) is 1.51. The fourth-order valence-electron chi connectivity index (χ4n) is 2.12.